The van der Waals surface area contributed by atoms with Gasteiger partial charge >= 0.3 is 0 Å². The summed E-state index contributed by atoms with van der Waals surface area (Å²) in [6.45, 7) is 2.73. The van der Waals surface area contributed by atoms with Crippen LogP contribution < -0.4 is 0 Å². The van der Waals surface area contributed by atoms with E-state index in [1.165, 1.54) is 17.7 Å². The lowest BCUT2D eigenvalue weighted by atomic mass is 9.92. The maximum atomic E-state index is 13.0. The van der Waals surface area contributed by atoms with Crippen LogP contribution in [0.2, 0.25) is 0 Å². The van der Waals surface area contributed by atoms with Crippen molar-refractivity contribution in [2.24, 2.45) is 5.92 Å². The Balaban J connectivity index is 1.88. The van der Waals surface area contributed by atoms with Crippen LogP contribution in [0.4, 0.5) is 4.39 Å². The molecule has 0 aliphatic carbocycles. The zero-order valence-electron chi connectivity index (χ0n) is 12.8. The van der Waals surface area contributed by atoms with E-state index in [0.717, 1.165) is 38.9 Å². The molecule has 116 valence electrons. The first-order valence-corrected chi connectivity index (χ1v) is 7.97. The first kappa shape index (κ1) is 16.5. The third kappa shape index (κ3) is 4.83. The zero-order valence-corrected chi connectivity index (χ0v) is 12.8. The number of hydrogen-bond donors (Lipinski definition) is 0. The van der Waals surface area contributed by atoms with Gasteiger partial charge < -0.3 is 4.90 Å². The second kappa shape index (κ2) is 8.51. The van der Waals surface area contributed by atoms with Gasteiger partial charge in [-0.2, -0.15) is 10.5 Å². The summed E-state index contributed by atoms with van der Waals surface area (Å²) in [5, 5.41) is 17.8. The average molecular weight is 299 g/mol. The van der Waals surface area contributed by atoms with Gasteiger partial charge in [-0.1, -0.05) is 12.1 Å². The summed E-state index contributed by atoms with van der Waals surface area (Å²) in [5.74, 6) is 0.237. The SMILES string of the molecule is N#CCC[C@@H](C#N)CN1CCC[C@H](c2ccc(F)cc2)CC1. The van der Waals surface area contributed by atoms with Crippen molar-refractivity contribution in [2.75, 3.05) is 19.6 Å². The molecule has 1 aliphatic heterocycles. The fraction of sp³-hybridized carbons (Fsp3) is 0.556. The lowest BCUT2D eigenvalue weighted by molar-refractivity contribution is 0.254. The van der Waals surface area contributed by atoms with Gasteiger partial charge in [0.15, 0.2) is 0 Å². The van der Waals surface area contributed by atoms with Gasteiger partial charge in [-0.3, -0.25) is 0 Å². The average Bonchev–Trinajstić information content (AvgIpc) is 2.77. The third-order valence-electron chi connectivity index (χ3n) is 4.43. The van der Waals surface area contributed by atoms with Crippen LogP contribution in [0.1, 0.15) is 43.6 Å². The number of halogens is 1. The van der Waals surface area contributed by atoms with Gasteiger partial charge in [0.05, 0.1) is 18.1 Å². The molecule has 1 aromatic carbocycles. The molecule has 0 amide bonds. The highest BCUT2D eigenvalue weighted by Gasteiger charge is 2.20. The van der Waals surface area contributed by atoms with Crippen molar-refractivity contribution in [3.8, 4) is 12.1 Å². The van der Waals surface area contributed by atoms with Gasteiger partial charge in [-0.05, 0) is 62.4 Å². The van der Waals surface area contributed by atoms with Crippen LogP contribution in [0.15, 0.2) is 24.3 Å². The summed E-state index contributed by atoms with van der Waals surface area (Å²) in [4.78, 5) is 2.34. The fourth-order valence-electron chi connectivity index (χ4n) is 3.15. The Morgan fingerprint density at radius 2 is 1.95 bits per heavy atom. The molecule has 2 atom stereocenters. The van der Waals surface area contributed by atoms with Crippen molar-refractivity contribution >= 4 is 0 Å². The summed E-state index contributed by atoms with van der Waals surface area (Å²) in [7, 11) is 0. The van der Waals surface area contributed by atoms with Gasteiger partial charge in [-0.15, -0.1) is 0 Å². The Labute approximate surface area is 132 Å². The predicted octanol–water partition coefficient (Wildman–Crippen LogP) is 3.84. The summed E-state index contributed by atoms with van der Waals surface area (Å²) >= 11 is 0. The minimum absolute atomic E-state index is 0.0537. The molecule has 0 unspecified atom stereocenters. The molecule has 1 aliphatic rings. The molecule has 0 aromatic heterocycles. The van der Waals surface area contributed by atoms with Gasteiger partial charge in [0.25, 0.3) is 0 Å². The molecule has 22 heavy (non-hydrogen) atoms. The molecule has 0 saturated carbocycles. The summed E-state index contributed by atoms with van der Waals surface area (Å²) in [5.41, 5.74) is 1.21. The highest BCUT2D eigenvalue weighted by molar-refractivity contribution is 5.20. The van der Waals surface area contributed by atoms with Crippen LogP contribution in [0.5, 0.6) is 0 Å². The third-order valence-corrected chi connectivity index (χ3v) is 4.43. The first-order valence-electron chi connectivity index (χ1n) is 7.97. The van der Waals surface area contributed by atoms with E-state index in [4.69, 9.17) is 5.26 Å². The number of nitriles is 2. The molecule has 0 spiro atoms. The molecule has 0 radical (unpaired) electrons. The molecule has 1 heterocycles. The van der Waals surface area contributed by atoms with Crippen molar-refractivity contribution < 1.29 is 4.39 Å². The Hall–Kier alpha value is -1.91. The van der Waals surface area contributed by atoms with E-state index in [2.05, 4.69) is 17.0 Å². The molecule has 0 N–H and O–H groups in total. The maximum Gasteiger partial charge on any atom is 0.123 e. The lowest BCUT2D eigenvalue weighted by Crippen LogP contribution is -2.30. The number of benzene rings is 1. The Bertz CT molecular complexity index is 541. The predicted molar refractivity (Wildman–Crippen MR) is 83.4 cm³/mol. The van der Waals surface area contributed by atoms with E-state index in [-0.39, 0.29) is 11.7 Å². The van der Waals surface area contributed by atoms with Crippen LogP contribution in [0, 0.1) is 34.4 Å². The van der Waals surface area contributed by atoms with Crippen molar-refractivity contribution in [1.29, 1.82) is 10.5 Å². The van der Waals surface area contributed by atoms with E-state index in [9.17, 15) is 9.65 Å². The molecule has 1 saturated heterocycles. The van der Waals surface area contributed by atoms with Crippen LogP contribution in [0.25, 0.3) is 0 Å². The van der Waals surface area contributed by atoms with Crippen LogP contribution in [-0.2, 0) is 0 Å². The monoisotopic (exact) mass is 299 g/mol. The van der Waals surface area contributed by atoms with Crippen molar-refractivity contribution in [3.63, 3.8) is 0 Å². The van der Waals surface area contributed by atoms with E-state index in [1.54, 1.807) is 0 Å². The molecule has 1 fully saturated rings. The number of likely N-dealkylation sites (tertiary alicyclic amines) is 1. The Kier molecular flexibility index (Phi) is 6.37. The van der Waals surface area contributed by atoms with Crippen LogP contribution in [-0.4, -0.2) is 24.5 Å². The van der Waals surface area contributed by atoms with E-state index in [1.807, 2.05) is 12.1 Å². The minimum Gasteiger partial charge on any atom is -0.302 e. The number of nitrogens with zero attached hydrogens (tertiary/aromatic N) is 3. The second-order valence-corrected chi connectivity index (χ2v) is 6.00. The fourth-order valence-corrected chi connectivity index (χ4v) is 3.15. The van der Waals surface area contributed by atoms with E-state index >= 15 is 0 Å². The highest BCUT2D eigenvalue weighted by Crippen LogP contribution is 2.28. The molecular formula is C18H22FN3. The summed E-state index contributed by atoms with van der Waals surface area (Å²) in [6, 6.07) is 11.3. The molecule has 1 aromatic rings. The highest BCUT2D eigenvalue weighted by atomic mass is 19.1. The molecule has 2 rings (SSSR count). The largest absolute Gasteiger partial charge is 0.302 e. The summed E-state index contributed by atoms with van der Waals surface area (Å²) < 4.78 is 13.0. The molecular weight excluding hydrogens is 277 g/mol. The first-order chi connectivity index (χ1) is 10.7. The number of rotatable bonds is 5. The topological polar surface area (TPSA) is 50.8 Å². The van der Waals surface area contributed by atoms with Crippen LogP contribution in [0.3, 0.4) is 0 Å². The van der Waals surface area contributed by atoms with Gasteiger partial charge in [0.2, 0.25) is 0 Å². The Morgan fingerprint density at radius 1 is 1.18 bits per heavy atom. The lowest BCUT2D eigenvalue weighted by Gasteiger charge is -2.22. The quantitative estimate of drug-likeness (QED) is 0.830. The van der Waals surface area contributed by atoms with Gasteiger partial charge in [-0.25, -0.2) is 4.39 Å². The second-order valence-electron chi connectivity index (χ2n) is 6.00. The van der Waals surface area contributed by atoms with Gasteiger partial charge in [0, 0.05) is 13.0 Å². The zero-order chi connectivity index (χ0) is 15.8. The molecule has 4 heteroatoms. The normalized spacial score (nSPS) is 20.6. The van der Waals surface area contributed by atoms with Crippen molar-refractivity contribution in [1.82, 2.24) is 4.90 Å². The number of hydrogen-bond acceptors (Lipinski definition) is 3. The summed E-state index contributed by atoms with van der Waals surface area (Å²) in [6.07, 6.45) is 4.35. The molecule has 0 bridgehead atoms. The standard InChI is InChI=1S/C18H22FN3/c19-18-7-5-17(6-8-18)16-4-2-11-22(12-9-16)14-15(13-21)3-1-10-20/h5-8,15-16H,1-4,9,11-12,14H2/t15-,16-/m0/s1. The maximum absolute atomic E-state index is 13.0. The van der Waals surface area contributed by atoms with Crippen molar-refractivity contribution in [3.05, 3.63) is 35.6 Å². The van der Waals surface area contributed by atoms with E-state index in [0.29, 0.717) is 18.8 Å². The molecule has 3 nitrogen and oxygen atoms in total. The van der Waals surface area contributed by atoms with Crippen LogP contribution >= 0.6 is 0 Å². The Morgan fingerprint density at radius 3 is 2.64 bits per heavy atom. The minimum atomic E-state index is -0.187. The smallest absolute Gasteiger partial charge is 0.123 e. The van der Waals surface area contributed by atoms with E-state index < -0.39 is 0 Å². The van der Waals surface area contributed by atoms with Gasteiger partial charge in [0.1, 0.15) is 5.82 Å². The van der Waals surface area contributed by atoms with Crippen molar-refractivity contribution in [2.45, 2.75) is 38.0 Å².